The van der Waals surface area contributed by atoms with Gasteiger partial charge in [0.25, 0.3) is 0 Å². The monoisotopic (exact) mass is 137 g/mol. The summed E-state index contributed by atoms with van der Waals surface area (Å²) < 4.78 is 0. The zero-order valence-electron chi connectivity index (χ0n) is 7.06. The molecule has 1 radical (unpaired) electrons. The maximum atomic E-state index is 2.42. The molecule has 1 aliphatic rings. The molecule has 0 amide bonds. The van der Waals surface area contributed by atoms with Gasteiger partial charge in [-0.3, -0.25) is 0 Å². The van der Waals surface area contributed by atoms with Gasteiger partial charge in [0.1, 0.15) is 0 Å². The lowest BCUT2D eigenvalue weighted by atomic mass is 9.89. The molecule has 0 spiro atoms. The van der Waals surface area contributed by atoms with Gasteiger partial charge in [0.15, 0.2) is 0 Å². The van der Waals surface area contributed by atoms with Gasteiger partial charge in [-0.25, -0.2) is 0 Å². The van der Waals surface area contributed by atoms with Gasteiger partial charge in [-0.05, 0) is 38.0 Å². The highest BCUT2D eigenvalue weighted by atomic mass is 14.1. The number of allylic oxidation sites excluding steroid dienone is 2. The Kier molecular flexibility index (Phi) is 2.98. The van der Waals surface area contributed by atoms with E-state index in [2.05, 4.69) is 26.3 Å². The predicted octanol–water partition coefficient (Wildman–Crippen LogP) is 3.35. The van der Waals surface area contributed by atoms with Crippen LogP contribution in [0.4, 0.5) is 0 Å². The molecule has 1 aliphatic carbocycles. The first-order valence-corrected chi connectivity index (χ1v) is 4.33. The molecule has 0 saturated heterocycles. The average Bonchev–Trinajstić information content (AvgIpc) is 2.05. The summed E-state index contributed by atoms with van der Waals surface area (Å²) in [7, 11) is 0. The van der Waals surface area contributed by atoms with Crippen LogP contribution < -0.4 is 0 Å². The molecule has 0 heterocycles. The minimum Gasteiger partial charge on any atom is -0.0851 e. The Morgan fingerprint density at radius 3 is 2.80 bits per heavy atom. The van der Waals surface area contributed by atoms with Crippen molar-refractivity contribution in [1.82, 2.24) is 0 Å². The fraction of sp³-hybridized carbons (Fsp3) is 0.700. The summed E-state index contributed by atoms with van der Waals surface area (Å²) in [6.07, 6.45) is 10.2. The number of hydrogen-bond acceptors (Lipinski definition) is 0. The van der Waals surface area contributed by atoms with Crippen molar-refractivity contribution < 1.29 is 0 Å². The van der Waals surface area contributed by atoms with E-state index in [0.29, 0.717) is 0 Å². The lowest BCUT2D eigenvalue weighted by molar-refractivity contribution is 0.630. The Morgan fingerprint density at radius 2 is 2.30 bits per heavy atom. The molecule has 0 heteroatoms. The first-order chi connectivity index (χ1) is 4.84. The molecule has 0 bridgehead atoms. The number of hydrogen-bond donors (Lipinski definition) is 0. The first kappa shape index (κ1) is 7.84. The van der Waals surface area contributed by atoms with Crippen molar-refractivity contribution in [2.24, 2.45) is 5.92 Å². The molecule has 1 atom stereocenters. The summed E-state index contributed by atoms with van der Waals surface area (Å²) in [6.45, 7) is 4.44. The lowest BCUT2D eigenvalue weighted by Gasteiger charge is -2.17. The van der Waals surface area contributed by atoms with E-state index in [1.165, 1.54) is 25.7 Å². The van der Waals surface area contributed by atoms with Gasteiger partial charge >= 0.3 is 0 Å². The standard InChI is InChI=1S/C10H17/c1-3-9(2)10-7-5-4-6-8-10/h3,7,9H,4-6,8H2,1-2H3. The van der Waals surface area contributed by atoms with Crippen molar-refractivity contribution >= 4 is 0 Å². The molecular formula is C10H17. The first-order valence-electron chi connectivity index (χ1n) is 4.33. The van der Waals surface area contributed by atoms with E-state index >= 15 is 0 Å². The molecule has 1 unspecified atom stereocenters. The summed E-state index contributed by atoms with van der Waals surface area (Å²) in [5.74, 6) is 0.722. The molecule has 0 N–H and O–H groups in total. The lowest BCUT2D eigenvalue weighted by Crippen LogP contribution is -2.01. The topological polar surface area (TPSA) is 0 Å². The fourth-order valence-electron chi connectivity index (χ4n) is 1.49. The van der Waals surface area contributed by atoms with Gasteiger partial charge in [0.05, 0.1) is 0 Å². The maximum Gasteiger partial charge on any atom is -0.0203 e. The fourth-order valence-corrected chi connectivity index (χ4v) is 1.49. The van der Waals surface area contributed by atoms with Gasteiger partial charge in [-0.2, -0.15) is 0 Å². The van der Waals surface area contributed by atoms with Crippen LogP contribution in [0, 0.1) is 12.3 Å². The zero-order chi connectivity index (χ0) is 7.40. The van der Waals surface area contributed by atoms with E-state index in [1.807, 2.05) is 0 Å². The third-order valence-corrected chi connectivity index (χ3v) is 2.41. The minimum absolute atomic E-state index is 0.722. The number of rotatable bonds is 2. The Hall–Kier alpha value is -0.260. The Labute approximate surface area is 64.3 Å². The molecule has 0 nitrogen and oxygen atoms in total. The van der Waals surface area contributed by atoms with E-state index in [9.17, 15) is 0 Å². The van der Waals surface area contributed by atoms with E-state index in [4.69, 9.17) is 0 Å². The molecule has 10 heavy (non-hydrogen) atoms. The summed E-state index contributed by atoms with van der Waals surface area (Å²) in [6, 6.07) is 0. The van der Waals surface area contributed by atoms with E-state index in [-0.39, 0.29) is 0 Å². The Morgan fingerprint density at radius 1 is 1.50 bits per heavy atom. The Bertz CT molecular complexity index is 122. The van der Waals surface area contributed by atoms with Crippen molar-refractivity contribution in [2.75, 3.05) is 0 Å². The van der Waals surface area contributed by atoms with Crippen LogP contribution in [0.3, 0.4) is 0 Å². The predicted molar refractivity (Wildman–Crippen MR) is 45.7 cm³/mol. The summed E-state index contributed by atoms with van der Waals surface area (Å²) in [4.78, 5) is 0. The second kappa shape index (κ2) is 3.80. The van der Waals surface area contributed by atoms with Crippen LogP contribution in [-0.4, -0.2) is 0 Å². The van der Waals surface area contributed by atoms with Gasteiger partial charge < -0.3 is 0 Å². The summed E-state index contributed by atoms with van der Waals surface area (Å²) in [5, 5.41) is 0. The molecule has 0 aromatic rings. The van der Waals surface area contributed by atoms with Gasteiger partial charge in [0.2, 0.25) is 0 Å². The van der Waals surface area contributed by atoms with Crippen molar-refractivity contribution in [2.45, 2.75) is 39.5 Å². The highest BCUT2D eigenvalue weighted by Gasteiger charge is 2.08. The normalized spacial score (nSPS) is 22.0. The van der Waals surface area contributed by atoms with E-state index in [1.54, 1.807) is 5.57 Å². The molecule has 0 saturated carbocycles. The largest absolute Gasteiger partial charge is 0.0851 e. The molecule has 1 rings (SSSR count). The Balaban J connectivity index is 2.44. The van der Waals surface area contributed by atoms with Crippen LogP contribution in [0.15, 0.2) is 11.6 Å². The van der Waals surface area contributed by atoms with Gasteiger partial charge in [0, 0.05) is 0 Å². The third kappa shape index (κ3) is 1.86. The quantitative estimate of drug-likeness (QED) is 0.512. The van der Waals surface area contributed by atoms with Crippen LogP contribution >= 0.6 is 0 Å². The van der Waals surface area contributed by atoms with E-state index < -0.39 is 0 Å². The second-order valence-corrected chi connectivity index (χ2v) is 3.15. The molecular weight excluding hydrogens is 120 g/mol. The van der Waals surface area contributed by atoms with Crippen LogP contribution in [-0.2, 0) is 0 Å². The molecule has 0 aliphatic heterocycles. The van der Waals surface area contributed by atoms with Crippen molar-refractivity contribution in [3.8, 4) is 0 Å². The maximum absolute atomic E-state index is 2.42. The third-order valence-electron chi connectivity index (χ3n) is 2.41. The molecule has 0 aromatic carbocycles. The van der Waals surface area contributed by atoms with Gasteiger partial charge in [-0.1, -0.05) is 25.5 Å². The minimum atomic E-state index is 0.722. The van der Waals surface area contributed by atoms with Crippen molar-refractivity contribution in [1.29, 1.82) is 0 Å². The van der Waals surface area contributed by atoms with Crippen molar-refractivity contribution in [3.63, 3.8) is 0 Å². The highest BCUT2D eigenvalue weighted by molar-refractivity contribution is 5.11. The van der Waals surface area contributed by atoms with Crippen LogP contribution in [0.1, 0.15) is 39.5 Å². The molecule has 0 fully saturated rings. The SMILES string of the molecule is C[CH]C(C)C1=CCCCC1. The second-order valence-electron chi connectivity index (χ2n) is 3.15. The molecule has 57 valence electrons. The average molecular weight is 137 g/mol. The van der Waals surface area contributed by atoms with Crippen LogP contribution in [0.25, 0.3) is 0 Å². The zero-order valence-corrected chi connectivity index (χ0v) is 7.06. The van der Waals surface area contributed by atoms with E-state index in [0.717, 1.165) is 5.92 Å². The van der Waals surface area contributed by atoms with Crippen LogP contribution in [0.5, 0.6) is 0 Å². The van der Waals surface area contributed by atoms with Gasteiger partial charge in [-0.15, -0.1) is 0 Å². The molecule has 0 aromatic heterocycles. The van der Waals surface area contributed by atoms with Crippen LogP contribution in [0.2, 0.25) is 0 Å². The summed E-state index contributed by atoms with van der Waals surface area (Å²) in [5.41, 5.74) is 1.66. The highest BCUT2D eigenvalue weighted by Crippen LogP contribution is 2.24. The summed E-state index contributed by atoms with van der Waals surface area (Å²) >= 11 is 0. The van der Waals surface area contributed by atoms with Crippen molar-refractivity contribution in [3.05, 3.63) is 18.1 Å². The smallest absolute Gasteiger partial charge is 0.0203 e.